The van der Waals surface area contributed by atoms with Gasteiger partial charge in [0, 0.05) is 0 Å². The number of halogens is 2. The van der Waals surface area contributed by atoms with Crippen LogP contribution >= 0.6 is 23.2 Å². The van der Waals surface area contributed by atoms with Crippen LogP contribution in [0.5, 0.6) is 0 Å². The molecule has 204 valence electrons. The molecule has 36 heavy (non-hydrogen) atoms. The van der Waals surface area contributed by atoms with E-state index in [9.17, 15) is 9.59 Å². The van der Waals surface area contributed by atoms with E-state index in [0.29, 0.717) is 25.7 Å². The summed E-state index contributed by atoms with van der Waals surface area (Å²) in [6.07, 6.45) is 0.000368. The minimum Gasteiger partial charge on any atom is -0.370 e. The van der Waals surface area contributed by atoms with Crippen molar-refractivity contribution in [3.63, 3.8) is 0 Å². The van der Waals surface area contributed by atoms with Crippen molar-refractivity contribution in [2.75, 3.05) is 0 Å². The molecule has 0 aromatic carbocycles. The molecule has 18 heteroatoms. The van der Waals surface area contributed by atoms with Gasteiger partial charge in [-0.2, -0.15) is 0 Å². The van der Waals surface area contributed by atoms with E-state index in [2.05, 4.69) is 41.9 Å². The first-order chi connectivity index (χ1) is 16.9. The topological polar surface area (TPSA) is 287 Å². The summed E-state index contributed by atoms with van der Waals surface area (Å²) in [5.41, 5.74) is 33.8. The molecule has 8 unspecified atom stereocenters. The number of piperazine rings is 2. The van der Waals surface area contributed by atoms with Gasteiger partial charge in [0.2, 0.25) is 11.8 Å². The van der Waals surface area contributed by atoms with Crippen LogP contribution in [0, 0.1) is 0 Å². The number of amides is 2. The lowest BCUT2D eigenvalue weighted by molar-refractivity contribution is -0.124. The van der Waals surface area contributed by atoms with Crippen molar-refractivity contribution in [2.24, 2.45) is 44.4 Å². The molecule has 0 aromatic heterocycles. The Balaban J connectivity index is 1.44. The normalized spacial score (nSPS) is 40.4. The van der Waals surface area contributed by atoms with Gasteiger partial charge < -0.3 is 34.4 Å². The monoisotopic (exact) mass is 550 g/mol. The average molecular weight is 551 g/mol. The van der Waals surface area contributed by atoms with Crippen LogP contribution in [-0.2, 0) is 9.59 Å². The Morgan fingerprint density at radius 2 is 0.972 bits per heavy atom. The summed E-state index contributed by atoms with van der Waals surface area (Å²) in [7, 11) is 0. The molecule has 2 saturated heterocycles. The smallest absolute Gasteiger partial charge is 0.246 e. The summed E-state index contributed by atoms with van der Waals surface area (Å²) in [5.74, 6) is -0.979. The SMILES string of the molecule is NC(=NC1CCC(N=C(N)NC(=O)C2NC(Cl)C(N)NC2N)CC1)NC(=O)C1NC(Cl)C(N)NC1N. The van der Waals surface area contributed by atoms with Crippen molar-refractivity contribution >= 4 is 46.9 Å². The van der Waals surface area contributed by atoms with Gasteiger partial charge in [0.1, 0.15) is 23.1 Å². The van der Waals surface area contributed by atoms with Gasteiger partial charge in [-0.1, -0.05) is 0 Å². The van der Waals surface area contributed by atoms with Crippen LogP contribution in [-0.4, -0.2) is 83.6 Å². The van der Waals surface area contributed by atoms with E-state index >= 15 is 0 Å². The molecule has 0 spiro atoms. The van der Waals surface area contributed by atoms with E-state index in [1.54, 1.807) is 0 Å². The number of rotatable bonds is 4. The lowest BCUT2D eigenvalue weighted by Gasteiger charge is -2.37. The van der Waals surface area contributed by atoms with Gasteiger partial charge in [-0.25, -0.2) is 9.98 Å². The lowest BCUT2D eigenvalue weighted by atomic mass is 9.92. The maximum Gasteiger partial charge on any atom is 0.246 e. The fraction of sp³-hybridized carbons (Fsp3) is 0.778. The Morgan fingerprint density at radius 3 is 1.31 bits per heavy atom. The molecule has 18 N–H and O–H groups in total. The summed E-state index contributed by atoms with van der Waals surface area (Å²) in [5, 5.41) is 16.4. The molecule has 0 radical (unpaired) electrons. The van der Waals surface area contributed by atoms with Crippen LogP contribution in [0.2, 0.25) is 0 Å². The molecule has 1 saturated carbocycles. The van der Waals surface area contributed by atoms with Crippen LogP contribution in [0.4, 0.5) is 0 Å². The number of guanidine groups is 2. The summed E-state index contributed by atoms with van der Waals surface area (Å²) >= 11 is 12.1. The first-order valence-electron chi connectivity index (χ1n) is 11.6. The van der Waals surface area contributed by atoms with E-state index in [1.807, 2.05) is 0 Å². The van der Waals surface area contributed by atoms with E-state index < -0.39 is 59.6 Å². The third kappa shape index (κ3) is 7.58. The van der Waals surface area contributed by atoms with Gasteiger partial charge in [0.25, 0.3) is 0 Å². The van der Waals surface area contributed by atoms with Crippen molar-refractivity contribution in [1.29, 1.82) is 0 Å². The van der Waals surface area contributed by atoms with Crippen molar-refractivity contribution in [3.8, 4) is 0 Å². The molecule has 8 atom stereocenters. The number of hydrogen-bond acceptors (Lipinski definition) is 12. The Hall–Kier alpha value is -1.86. The number of hydrogen-bond donors (Lipinski definition) is 12. The molecule has 2 heterocycles. The summed E-state index contributed by atoms with van der Waals surface area (Å²) in [6.45, 7) is 0. The van der Waals surface area contributed by atoms with Gasteiger partial charge in [0.05, 0.1) is 36.7 Å². The molecule has 3 aliphatic rings. The summed E-state index contributed by atoms with van der Waals surface area (Å²) in [6, 6.07) is -1.86. The molecular formula is C18H36Cl2N14O2. The zero-order valence-corrected chi connectivity index (χ0v) is 21.0. The molecule has 2 amide bonds. The lowest BCUT2D eigenvalue weighted by Crippen LogP contribution is -2.73. The number of alkyl halides is 2. The fourth-order valence-corrected chi connectivity index (χ4v) is 4.64. The number of nitrogens with two attached hydrogens (primary N) is 6. The van der Waals surface area contributed by atoms with Crippen LogP contribution < -0.4 is 66.3 Å². The Labute approximate surface area is 218 Å². The van der Waals surface area contributed by atoms with Crippen LogP contribution in [0.3, 0.4) is 0 Å². The minimum absolute atomic E-state index is 0.0176. The maximum absolute atomic E-state index is 12.5. The third-order valence-corrected chi connectivity index (χ3v) is 6.97. The quantitative estimate of drug-likeness (QED) is 0.0674. The Kier molecular flexibility index (Phi) is 10.0. The summed E-state index contributed by atoms with van der Waals surface area (Å²) < 4.78 is 0. The molecule has 0 bridgehead atoms. The zero-order valence-electron chi connectivity index (χ0n) is 19.5. The average Bonchev–Trinajstić information content (AvgIpc) is 2.79. The number of aliphatic imine (C=N–C) groups is 2. The third-order valence-electron chi connectivity index (χ3n) is 6.17. The molecule has 16 nitrogen and oxygen atoms in total. The van der Waals surface area contributed by atoms with Crippen LogP contribution in [0.15, 0.2) is 9.98 Å². The highest BCUT2D eigenvalue weighted by atomic mass is 35.5. The van der Waals surface area contributed by atoms with Crippen molar-refractivity contribution in [3.05, 3.63) is 0 Å². The number of nitrogens with one attached hydrogen (secondary N) is 6. The van der Waals surface area contributed by atoms with Crippen LogP contribution in [0.25, 0.3) is 0 Å². The van der Waals surface area contributed by atoms with Crippen molar-refractivity contribution in [2.45, 2.75) is 85.5 Å². The van der Waals surface area contributed by atoms with Gasteiger partial charge in [-0.15, -0.1) is 23.2 Å². The second kappa shape index (κ2) is 12.6. The van der Waals surface area contributed by atoms with Gasteiger partial charge in [-0.3, -0.25) is 41.5 Å². The second-order valence-electron chi connectivity index (χ2n) is 9.00. The predicted octanol–water partition coefficient (Wildman–Crippen LogP) is -5.45. The Bertz CT molecular complexity index is 786. The highest BCUT2D eigenvalue weighted by Crippen LogP contribution is 2.23. The van der Waals surface area contributed by atoms with Crippen molar-refractivity contribution in [1.82, 2.24) is 31.9 Å². The molecule has 3 fully saturated rings. The Morgan fingerprint density at radius 1 is 0.639 bits per heavy atom. The molecule has 2 aliphatic heterocycles. The molecule has 1 aliphatic carbocycles. The van der Waals surface area contributed by atoms with Gasteiger partial charge >= 0.3 is 0 Å². The van der Waals surface area contributed by atoms with E-state index in [1.165, 1.54) is 0 Å². The standard InChI is InChI=1S/C18H36Cl2N14O2/c19-9-13(23)31-11(21)7(29-9)15(35)33-17(25)27-5-1-2-6(4-3-5)28-18(26)34-16(36)8-12(22)32-14(24)10(20)30-8/h5-14,29-32H,1-4,21-24H2,(H3,25,27,33,35)(H3,26,28,34,36). The fourth-order valence-electron chi connectivity index (χ4n) is 4.22. The van der Waals surface area contributed by atoms with E-state index in [-0.39, 0.29) is 24.0 Å². The van der Waals surface area contributed by atoms with E-state index in [0.717, 1.165) is 0 Å². The summed E-state index contributed by atoms with van der Waals surface area (Å²) in [4.78, 5) is 33.8. The molecule has 3 rings (SSSR count). The largest absolute Gasteiger partial charge is 0.370 e. The van der Waals surface area contributed by atoms with E-state index in [4.69, 9.17) is 57.6 Å². The number of carbonyl (C=O) groups is 2. The van der Waals surface area contributed by atoms with Gasteiger partial charge in [-0.05, 0) is 25.7 Å². The predicted molar refractivity (Wildman–Crippen MR) is 137 cm³/mol. The number of carbonyl (C=O) groups excluding carboxylic acids is 2. The molecular weight excluding hydrogens is 515 g/mol. The molecule has 0 aromatic rings. The van der Waals surface area contributed by atoms with Crippen molar-refractivity contribution < 1.29 is 9.59 Å². The first-order valence-corrected chi connectivity index (χ1v) is 12.4. The van der Waals surface area contributed by atoms with Gasteiger partial charge in [0.15, 0.2) is 11.9 Å². The van der Waals surface area contributed by atoms with Crippen LogP contribution in [0.1, 0.15) is 25.7 Å². The number of nitrogens with zero attached hydrogens (tertiary/aromatic N) is 2. The highest BCUT2D eigenvalue weighted by Gasteiger charge is 2.37. The minimum atomic E-state index is -0.828. The zero-order chi connectivity index (χ0) is 26.6. The highest BCUT2D eigenvalue weighted by molar-refractivity contribution is 6.21. The second-order valence-corrected chi connectivity index (χ2v) is 9.94. The maximum atomic E-state index is 12.5. The first kappa shape index (κ1) is 28.7.